The maximum Gasteiger partial charge on any atom is 0.136 e. The SMILES string of the molecule is [2H]c1c([2H])c([2H])c(-c2coc3c([2H])c4c(oc5c([2H])c([2H])c(-c6c7c([2H])c([2H])c([2H])c([2H])c7c(-c7c([2H])c([2H])c([2H])c([2H])c7[2H])c7c([2H])c([2H])c([2H])c([2H])c67)c([2H])c54)c([2H])c23)c([2H])c1[2H]. The third kappa shape index (κ3) is 3.39. The Morgan fingerprint density at radius 1 is 0.381 bits per heavy atom. The Hall–Kier alpha value is -5.60. The second-order valence-corrected chi connectivity index (χ2v) is 9.11. The fourth-order valence-electron chi connectivity index (χ4n) is 5.12. The Bertz CT molecular complexity index is 3620. The standard InChI is InChI=1S/C40H24O2/c1-3-11-25(12-4-1)35-24-41-37-22-33-32-21-27(19-20-36(32)42-38(33)23-34(35)37)40-30-17-9-7-15-28(30)39(26-13-5-2-6-14-26)29-16-8-10-18-31(29)40/h1-24H/i1D,2D,3D,4D,5D,6D,7D,8D,9D,10D,11D,12D,13D,14D,15D,16D,17D,18D,19D,20D,21D,22D,23D. The first-order valence-corrected chi connectivity index (χ1v) is 12.4. The minimum absolute atomic E-state index is 0.183. The largest absolute Gasteiger partial charge is 0.464 e. The van der Waals surface area contributed by atoms with E-state index in [9.17, 15) is 12.3 Å². The fourth-order valence-corrected chi connectivity index (χ4v) is 5.12. The molecule has 42 heavy (non-hydrogen) atoms. The molecule has 0 aliphatic rings. The average Bonchev–Trinajstić information content (AvgIpc) is 3.91. The minimum atomic E-state index is -0.905. The lowest BCUT2D eigenvalue weighted by Gasteiger charge is -2.17. The molecule has 0 aliphatic carbocycles. The van der Waals surface area contributed by atoms with Crippen LogP contribution in [0.4, 0.5) is 0 Å². The van der Waals surface area contributed by atoms with Crippen molar-refractivity contribution in [2.24, 2.45) is 0 Å². The molecular weight excluding hydrogens is 512 g/mol. The van der Waals surface area contributed by atoms with Gasteiger partial charge in [-0.15, -0.1) is 0 Å². The van der Waals surface area contributed by atoms with Crippen molar-refractivity contribution in [3.05, 3.63) is 145 Å². The summed E-state index contributed by atoms with van der Waals surface area (Å²) in [6.45, 7) is 0. The first-order chi connectivity index (χ1) is 30.4. The minimum Gasteiger partial charge on any atom is -0.464 e. The van der Waals surface area contributed by atoms with Crippen LogP contribution < -0.4 is 0 Å². The van der Waals surface area contributed by atoms with Gasteiger partial charge in [0.25, 0.3) is 0 Å². The molecule has 0 N–H and O–H groups in total. The van der Waals surface area contributed by atoms with Gasteiger partial charge < -0.3 is 8.83 Å². The topological polar surface area (TPSA) is 26.3 Å². The van der Waals surface area contributed by atoms with Crippen molar-refractivity contribution in [2.75, 3.05) is 0 Å². The summed E-state index contributed by atoms with van der Waals surface area (Å²) in [5, 5.41) is -3.48. The van der Waals surface area contributed by atoms with Gasteiger partial charge in [0.15, 0.2) is 0 Å². The maximum atomic E-state index is 9.75. The molecule has 0 unspecified atom stereocenters. The Labute approximate surface area is 274 Å². The van der Waals surface area contributed by atoms with Gasteiger partial charge in [-0.2, -0.15) is 0 Å². The van der Waals surface area contributed by atoms with Crippen LogP contribution in [0.3, 0.4) is 0 Å². The summed E-state index contributed by atoms with van der Waals surface area (Å²) in [5.74, 6) is 0. The Kier molecular flexibility index (Phi) is 2.14. The molecule has 0 radical (unpaired) electrons. The summed E-state index contributed by atoms with van der Waals surface area (Å²) in [6, 6.07) is -18.6. The molecule has 0 saturated carbocycles. The molecule has 9 aromatic rings. The highest BCUT2D eigenvalue weighted by Gasteiger charge is 2.18. The van der Waals surface area contributed by atoms with E-state index in [1.807, 2.05) is 0 Å². The predicted molar refractivity (Wildman–Crippen MR) is 175 cm³/mol. The summed E-state index contributed by atoms with van der Waals surface area (Å²) in [4.78, 5) is 0. The van der Waals surface area contributed by atoms with Crippen molar-refractivity contribution in [1.82, 2.24) is 0 Å². The highest BCUT2D eigenvalue weighted by atomic mass is 16.3. The van der Waals surface area contributed by atoms with Gasteiger partial charge >= 0.3 is 0 Å². The molecule has 9 rings (SSSR count). The van der Waals surface area contributed by atoms with E-state index in [4.69, 9.17) is 28.0 Å². The molecule has 0 atom stereocenters. The third-order valence-electron chi connectivity index (χ3n) is 6.87. The van der Waals surface area contributed by atoms with Crippen LogP contribution in [0.2, 0.25) is 0 Å². The number of hydrogen-bond acceptors (Lipinski definition) is 2. The van der Waals surface area contributed by atoms with E-state index in [0.717, 1.165) is 6.26 Å². The number of fused-ring (bicyclic) bond motifs is 6. The summed E-state index contributed by atoms with van der Waals surface area (Å²) in [7, 11) is 0. The molecule has 0 amide bonds. The second kappa shape index (κ2) is 8.95. The van der Waals surface area contributed by atoms with Crippen molar-refractivity contribution in [1.29, 1.82) is 0 Å². The zero-order chi connectivity index (χ0) is 47.6. The second-order valence-electron chi connectivity index (χ2n) is 9.11. The van der Waals surface area contributed by atoms with Crippen LogP contribution in [0.5, 0.6) is 0 Å². The maximum absolute atomic E-state index is 9.75. The van der Waals surface area contributed by atoms with Crippen LogP contribution in [0.15, 0.2) is 154 Å². The predicted octanol–water partition coefficient (Wildman–Crippen LogP) is 11.6. The highest BCUT2D eigenvalue weighted by Crippen LogP contribution is 2.45. The van der Waals surface area contributed by atoms with Gasteiger partial charge in [-0.05, 0) is 73.5 Å². The van der Waals surface area contributed by atoms with Gasteiger partial charge in [0.1, 0.15) is 16.7 Å². The number of furan rings is 2. The van der Waals surface area contributed by atoms with Crippen molar-refractivity contribution >= 4 is 54.5 Å². The van der Waals surface area contributed by atoms with E-state index in [0.29, 0.717) is 0 Å². The summed E-state index contributed by atoms with van der Waals surface area (Å²) >= 11 is 0. The van der Waals surface area contributed by atoms with Gasteiger partial charge in [0.05, 0.1) is 37.8 Å². The molecule has 2 nitrogen and oxygen atoms in total. The molecule has 0 saturated heterocycles. The number of rotatable bonds is 3. The van der Waals surface area contributed by atoms with Crippen LogP contribution in [0, 0.1) is 0 Å². The molecule has 2 heteroatoms. The van der Waals surface area contributed by atoms with Crippen LogP contribution in [0.1, 0.15) is 31.5 Å². The van der Waals surface area contributed by atoms with Crippen LogP contribution >= 0.6 is 0 Å². The van der Waals surface area contributed by atoms with E-state index in [2.05, 4.69) is 0 Å². The van der Waals surface area contributed by atoms with Crippen molar-refractivity contribution < 1.29 is 40.4 Å². The normalized spacial score (nSPS) is 19.5. The molecule has 0 spiro atoms. The van der Waals surface area contributed by atoms with Crippen LogP contribution in [-0.2, 0) is 0 Å². The Morgan fingerprint density at radius 2 is 0.905 bits per heavy atom. The molecule has 0 fully saturated rings. The van der Waals surface area contributed by atoms with E-state index in [1.165, 1.54) is 0 Å². The van der Waals surface area contributed by atoms with Gasteiger partial charge in [-0.25, -0.2) is 0 Å². The highest BCUT2D eigenvalue weighted by molar-refractivity contribution is 6.22. The fraction of sp³-hybridized carbons (Fsp3) is 0. The molecular formula is C40H24O2. The van der Waals surface area contributed by atoms with E-state index in [1.54, 1.807) is 0 Å². The van der Waals surface area contributed by atoms with E-state index >= 15 is 0 Å². The van der Waals surface area contributed by atoms with Crippen molar-refractivity contribution in [3.63, 3.8) is 0 Å². The molecule has 196 valence electrons. The number of benzene rings is 7. The summed E-state index contributed by atoms with van der Waals surface area (Å²) in [5.41, 5.74) is -4.50. The average molecular weight is 560 g/mol. The first kappa shape index (κ1) is 10.0. The Balaban J connectivity index is 1.53. The monoisotopic (exact) mass is 559 g/mol. The quantitative estimate of drug-likeness (QED) is 0.201. The van der Waals surface area contributed by atoms with Crippen molar-refractivity contribution in [2.45, 2.75) is 0 Å². The van der Waals surface area contributed by atoms with E-state index in [-0.39, 0.29) is 27.5 Å². The summed E-state index contributed by atoms with van der Waals surface area (Å²) in [6.07, 6.45) is 0.982. The lowest BCUT2D eigenvalue weighted by molar-refractivity contribution is 0.617. The summed E-state index contributed by atoms with van der Waals surface area (Å²) < 4.78 is 215. The van der Waals surface area contributed by atoms with Gasteiger partial charge in [-0.1, -0.05) is 115 Å². The zero-order valence-electron chi connectivity index (χ0n) is 43.9. The van der Waals surface area contributed by atoms with E-state index < -0.39 is 199 Å². The van der Waals surface area contributed by atoms with Crippen LogP contribution in [0.25, 0.3) is 87.8 Å². The molecule has 2 heterocycles. The third-order valence-corrected chi connectivity index (χ3v) is 6.87. The molecule has 2 aromatic heterocycles. The van der Waals surface area contributed by atoms with Gasteiger partial charge in [0, 0.05) is 21.7 Å². The lowest BCUT2D eigenvalue weighted by atomic mass is 9.86. The van der Waals surface area contributed by atoms with Crippen LogP contribution in [-0.4, -0.2) is 0 Å². The zero-order valence-corrected chi connectivity index (χ0v) is 20.9. The Morgan fingerprint density at radius 3 is 1.55 bits per heavy atom. The smallest absolute Gasteiger partial charge is 0.136 e. The molecule has 0 aliphatic heterocycles. The van der Waals surface area contributed by atoms with Gasteiger partial charge in [-0.3, -0.25) is 0 Å². The molecule has 0 bridgehead atoms. The number of hydrogen-bond donors (Lipinski definition) is 0. The lowest BCUT2D eigenvalue weighted by Crippen LogP contribution is -1.90. The molecule has 7 aromatic carbocycles. The van der Waals surface area contributed by atoms with Crippen molar-refractivity contribution in [3.8, 4) is 33.4 Å². The van der Waals surface area contributed by atoms with Gasteiger partial charge in [0.2, 0.25) is 0 Å². The first-order valence-electron chi connectivity index (χ1n) is 23.9.